The quantitative estimate of drug-likeness (QED) is 0.638. The summed E-state index contributed by atoms with van der Waals surface area (Å²) in [6, 6.07) is 2.94. The van der Waals surface area contributed by atoms with E-state index in [0.717, 1.165) is 29.8 Å². The van der Waals surface area contributed by atoms with E-state index < -0.39 is 17.5 Å². The number of rotatable bonds is 6. The standard InChI is InChI=1S/C19H26N4O5/c1-12-9-14(27-2)15(28-3)10-13(12)20-11-16(24)22-23-17(25)19(21-18(23)26)7-5-4-6-8-19/h9-10,20H,4-8,11H2,1-3H3,(H,21,26)(H,22,24). The summed E-state index contributed by atoms with van der Waals surface area (Å²) in [6.07, 6.45) is 4.02. The molecule has 1 aromatic carbocycles. The second-order valence-corrected chi connectivity index (χ2v) is 7.12. The van der Waals surface area contributed by atoms with E-state index >= 15 is 0 Å². The molecule has 2 fully saturated rings. The molecule has 1 saturated carbocycles. The summed E-state index contributed by atoms with van der Waals surface area (Å²) in [5.74, 6) is 0.245. The zero-order valence-electron chi connectivity index (χ0n) is 16.4. The van der Waals surface area contributed by atoms with Crippen molar-refractivity contribution in [3.8, 4) is 11.5 Å². The minimum Gasteiger partial charge on any atom is -0.493 e. The number of ether oxygens (including phenoxy) is 2. The van der Waals surface area contributed by atoms with Crippen molar-refractivity contribution in [2.75, 3.05) is 26.1 Å². The molecule has 3 N–H and O–H groups in total. The first-order valence-corrected chi connectivity index (χ1v) is 9.33. The highest BCUT2D eigenvalue weighted by molar-refractivity contribution is 6.08. The van der Waals surface area contributed by atoms with E-state index in [9.17, 15) is 14.4 Å². The van der Waals surface area contributed by atoms with Gasteiger partial charge in [-0.2, -0.15) is 5.01 Å². The van der Waals surface area contributed by atoms with Gasteiger partial charge in [-0.05, 0) is 31.4 Å². The van der Waals surface area contributed by atoms with E-state index in [-0.39, 0.29) is 12.5 Å². The van der Waals surface area contributed by atoms with Gasteiger partial charge in [-0.1, -0.05) is 19.3 Å². The molecule has 1 aliphatic heterocycles. The molecule has 1 heterocycles. The van der Waals surface area contributed by atoms with Crippen molar-refractivity contribution in [3.63, 3.8) is 0 Å². The van der Waals surface area contributed by atoms with Crippen LogP contribution in [0.1, 0.15) is 37.7 Å². The molecule has 0 bridgehead atoms. The SMILES string of the molecule is COc1cc(C)c(NCC(=O)NN2C(=O)NC3(CCCCC3)C2=O)cc1OC. The van der Waals surface area contributed by atoms with Crippen molar-refractivity contribution in [2.24, 2.45) is 0 Å². The maximum atomic E-state index is 12.7. The number of amides is 4. The lowest BCUT2D eigenvalue weighted by Crippen LogP contribution is -2.51. The van der Waals surface area contributed by atoms with Gasteiger partial charge in [0.15, 0.2) is 11.5 Å². The molecule has 0 unspecified atom stereocenters. The average Bonchev–Trinajstić information content (AvgIpc) is 2.91. The molecule has 0 aromatic heterocycles. The number of methoxy groups -OCH3 is 2. The van der Waals surface area contributed by atoms with Gasteiger partial charge in [0.1, 0.15) is 5.54 Å². The first-order chi connectivity index (χ1) is 13.4. The first kappa shape index (κ1) is 19.8. The lowest BCUT2D eigenvalue weighted by atomic mass is 9.82. The number of nitrogens with one attached hydrogen (secondary N) is 3. The van der Waals surface area contributed by atoms with Gasteiger partial charge in [0.25, 0.3) is 11.8 Å². The molecular formula is C19H26N4O5. The summed E-state index contributed by atoms with van der Waals surface area (Å²) in [6.45, 7) is 1.76. The van der Waals surface area contributed by atoms with Crippen LogP contribution < -0.4 is 25.5 Å². The predicted octanol–water partition coefficient (Wildman–Crippen LogP) is 1.71. The molecule has 1 aromatic rings. The number of urea groups is 1. The van der Waals surface area contributed by atoms with Crippen LogP contribution in [0.3, 0.4) is 0 Å². The Balaban J connectivity index is 1.62. The van der Waals surface area contributed by atoms with Crippen LogP contribution >= 0.6 is 0 Å². The van der Waals surface area contributed by atoms with Crippen molar-refractivity contribution >= 4 is 23.5 Å². The van der Waals surface area contributed by atoms with Crippen LogP contribution in [-0.2, 0) is 9.59 Å². The Bertz CT molecular complexity index is 789. The van der Waals surface area contributed by atoms with Gasteiger partial charge in [0, 0.05) is 11.8 Å². The third-order valence-corrected chi connectivity index (χ3v) is 5.28. The van der Waals surface area contributed by atoms with E-state index in [2.05, 4.69) is 16.1 Å². The number of carbonyl (C=O) groups is 3. The largest absolute Gasteiger partial charge is 0.493 e. The summed E-state index contributed by atoms with van der Waals surface area (Å²) < 4.78 is 10.5. The van der Waals surface area contributed by atoms with E-state index in [0.29, 0.717) is 30.0 Å². The number of benzene rings is 1. The van der Waals surface area contributed by atoms with Crippen LogP contribution in [0, 0.1) is 6.92 Å². The fourth-order valence-electron chi connectivity index (χ4n) is 3.73. The van der Waals surface area contributed by atoms with Crippen LogP contribution in [0.4, 0.5) is 10.5 Å². The number of hydrazine groups is 1. The summed E-state index contributed by atoms with van der Waals surface area (Å²) in [4.78, 5) is 37.2. The van der Waals surface area contributed by atoms with Gasteiger partial charge in [0.05, 0.1) is 20.8 Å². The zero-order chi connectivity index (χ0) is 20.3. The molecule has 2 aliphatic rings. The van der Waals surface area contributed by atoms with Gasteiger partial charge < -0.3 is 20.1 Å². The van der Waals surface area contributed by atoms with Crippen molar-refractivity contribution in [2.45, 2.75) is 44.6 Å². The summed E-state index contributed by atoms with van der Waals surface area (Å²) in [5, 5.41) is 6.56. The van der Waals surface area contributed by atoms with E-state index in [1.165, 1.54) is 7.11 Å². The van der Waals surface area contributed by atoms with E-state index in [1.54, 1.807) is 19.2 Å². The molecule has 9 nitrogen and oxygen atoms in total. The smallest absolute Gasteiger partial charge is 0.344 e. The Labute approximate surface area is 163 Å². The van der Waals surface area contributed by atoms with Gasteiger partial charge in [-0.15, -0.1) is 0 Å². The van der Waals surface area contributed by atoms with Crippen molar-refractivity contribution in [1.29, 1.82) is 0 Å². The van der Waals surface area contributed by atoms with E-state index in [1.807, 2.05) is 6.92 Å². The highest BCUT2D eigenvalue weighted by Crippen LogP contribution is 2.34. The molecule has 0 atom stereocenters. The highest BCUT2D eigenvalue weighted by Gasteiger charge is 2.52. The topological polar surface area (TPSA) is 109 Å². The number of carbonyl (C=O) groups excluding carboxylic acids is 3. The van der Waals surface area contributed by atoms with Crippen LogP contribution in [0.5, 0.6) is 11.5 Å². The predicted molar refractivity (Wildman–Crippen MR) is 102 cm³/mol. The highest BCUT2D eigenvalue weighted by atomic mass is 16.5. The minimum atomic E-state index is -0.865. The monoisotopic (exact) mass is 390 g/mol. The molecule has 3 rings (SSSR count). The second-order valence-electron chi connectivity index (χ2n) is 7.12. The number of hydrogen-bond donors (Lipinski definition) is 3. The van der Waals surface area contributed by atoms with Crippen molar-refractivity contribution < 1.29 is 23.9 Å². The Morgan fingerprint density at radius 2 is 1.79 bits per heavy atom. The first-order valence-electron chi connectivity index (χ1n) is 9.33. The molecule has 4 amide bonds. The Morgan fingerprint density at radius 3 is 2.43 bits per heavy atom. The molecule has 152 valence electrons. The number of imide groups is 1. The Hall–Kier alpha value is -2.97. The molecule has 1 aliphatic carbocycles. The fourth-order valence-corrected chi connectivity index (χ4v) is 3.73. The zero-order valence-corrected chi connectivity index (χ0v) is 16.4. The molecular weight excluding hydrogens is 364 g/mol. The van der Waals surface area contributed by atoms with Gasteiger partial charge in [-0.3, -0.25) is 15.0 Å². The molecule has 0 radical (unpaired) electrons. The van der Waals surface area contributed by atoms with Crippen molar-refractivity contribution in [1.82, 2.24) is 15.8 Å². The number of nitrogens with zero attached hydrogens (tertiary/aromatic N) is 1. The maximum absolute atomic E-state index is 12.7. The van der Waals surface area contributed by atoms with Crippen LogP contribution in [0.2, 0.25) is 0 Å². The third kappa shape index (κ3) is 3.69. The number of anilines is 1. The summed E-state index contributed by atoms with van der Waals surface area (Å²) >= 11 is 0. The minimum absolute atomic E-state index is 0.111. The van der Waals surface area contributed by atoms with E-state index in [4.69, 9.17) is 9.47 Å². The average molecular weight is 390 g/mol. The lowest BCUT2D eigenvalue weighted by Gasteiger charge is -2.30. The number of aryl methyl sites for hydroxylation is 1. The van der Waals surface area contributed by atoms with Gasteiger partial charge >= 0.3 is 6.03 Å². The summed E-state index contributed by atoms with van der Waals surface area (Å²) in [7, 11) is 3.08. The normalized spacial score (nSPS) is 18.0. The van der Waals surface area contributed by atoms with Gasteiger partial charge in [0.2, 0.25) is 0 Å². The fraction of sp³-hybridized carbons (Fsp3) is 0.526. The third-order valence-electron chi connectivity index (χ3n) is 5.28. The molecule has 9 heteroatoms. The molecule has 1 spiro atoms. The lowest BCUT2D eigenvalue weighted by molar-refractivity contribution is -0.139. The Morgan fingerprint density at radius 1 is 1.14 bits per heavy atom. The Kier molecular flexibility index (Phi) is 5.62. The maximum Gasteiger partial charge on any atom is 0.344 e. The summed E-state index contributed by atoms with van der Waals surface area (Å²) in [5.41, 5.74) is 3.09. The van der Waals surface area contributed by atoms with Crippen LogP contribution in [-0.4, -0.2) is 49.2 Å². The van der Waals surface area contributed by atoms with Crippen molar-refractivity contribution in [3.05, 3.63) is 17.7 Å². The molecule has 1 saturated heterocycles. The van der Waals surface area contributed by atoms with Crippen LogP contribution in [0.25, 0.3) is 0 Å². The number of hydrogen-bond acceptors (Lipinski definition) is 6. The molecule has 28 heavy (non-hydrogen) atoms. The second kappa shape index (κ2) is 7.95. The van der Waals surface area contributed by atoms with Gasteiger partial charge in [-0.25, -0.2) is 4.79 Å². The van der Waals surface area contributed by atoms with Crippen LogP contribution in [0.15, 0.2) is 12.1 Å².